The molecular formula is C69H63FN4S. The Morgan fingerprint density at radius 2 is 1.12 bits per heavy atom. The molecule has 0 aliphatic heterocycles. The van der Waals surface area contributed by atoms with E-state index in [9.17, 15) is 3.89 Å². The van der Waals surface area contributed by atoms with Gasteiger partial charge in [-0.3, -0.25) is 0 Å². The van der Waals surface area contributed by atoms with Crippen LogP contribution in [0.2, 0.25) is 0 Å². The average Bonchev–Trinajstić information content (AvgIpc) is 3.74. The summed E-state index contributed by atoms with van der Waals surface area (Å²) in [6.07, 6.45) is 13.2. The number of fused-ring (bicyclic) bond motifs is 3. The van der Waals surface area contributed by atoms with Gasteiger partial charge in [0.15, 0.2) is 17.5 Å². The number of hydrogen-bond donors (Lipinski definition) is 1. The Bertz CT molecular complexity index is 3450. The molecule has 75 heavy (non-hydrogen) atoms. The first-order valence-corrected chi connectivity index (χ1v) is 26.3. The third-order valence-electron chi connectivity index (χ3n) is 14.3. The van der Waals surface area contributed by atoms with Gasteiger partial charge < -0.3 is 4.90 Å². The van der Waals surface area contributed by atoms with E-state index in [0.717, 1.165) is 46.6 Å². The van der Waals surface area contributed by atoms with E-state index in [-0.39, 0.29) is 5.41 Å². The van der Waals surface area contributed by atoms with Gasteiger partial charge in [0.2, 0.25) is 0 Å². The molecule has 1 atom stereocenters. The van der Waals surface area contributed by atoms with Gasteiger partial charge in [-0.15, -0.1) is 0 Å². The first-order chi connectivity index (χ1) is 36.8. The highest BCUT2D eigenvalue weighted by Crippen LogP contribution is 2.52. The van der Waals surface area contributed by atoms with Crippen molar-refractivity contribution in [3.8, 4) is 45.3 Å². The lowest BCUT2D eigenvalue weighted by Gasteiger charge is -2.30. The van der Waals surface area contributed by atoms with E-state index in [1.807, 2.05) is 87.5 Å². The predicted octanol–water partition coefficient (Wildman–Crippen LogP) is 19.0. The van der Waals surface area contributed by atoms with E-state index < -0.39 is 0 Å². The molecule has 8 aromatic carbocycles. The normalized spacial score (nSPS) is 14.3. The minimum absolute atomic E-state index is 0.165. The number of rotatable bonds is 12. The summed E-state index contributed by atoms with van der Waals surface area (Å²) < 4.78 is 9.19. The number of aryl methyl sites for hydroxylation is 1. The van der Waals surface area contributed by atoms with Gasteiger partial charge >= 0.3 is 0 Å². The highest BCUT2D eigenvalue weighted by atomic mass is 32.1. The summed E-state index contributed by atoms with van der Waals surface area (Å²) in [5.41, 5.74) is 20.0. The topological polar surface area (TPSA) is 41.9 Å². The first kappa shape index (κ1) is 51.7. The predicted molar refractivity (Wildman–Crippen MR) is 318 cm³/mol. The number of nitrogens with zero attached hydrogens (tertiary/aromatic N) is 4. The van der Waals surface area contributed by atoms with Gasteiger partial charge in [0.1, 0.15) is 0 Å². The van der Waals surface area contributed by atoms with E-state index in [1.54, 1.807) is 0 Å². The zero-order valence-electron chi connectivity index (χ0n) is 43.6. The Labute approximate surface area is 449 Å². The van der Waals surface area contributed by atoms with Gasteiger partial charge in [-0.25, -0.2) is 15.0 Å². The lowest BCUT2D eigenvalue weighted by Crippen LogP contribution is -2.17. The number of hydrogen-bond acceptors (Lipinski definition) is 5. The molecule has 2 aliphatic rings. The van der Waals surface area contributed by atoms with Crippen LogP contribution in [-0.2, 0) is 11.8 Å². The van der Waals surface area contributed by atoms with Crippen LogP contribution in [0.3, 0.4) is 0 Å². The first-order valence-electron chi connectivity index (χ1n) is 25.9. The SMILES string of the molecule is C/C(=C(\C(=C/Cc1cccc(N(c2ccc(-c3nc(-c4ccccc4)nc(-c4ccccc4)n3)cc2)c2cc3c(cc2C)-c2ccccc2C3(C)C)c1)c1ccccc1)c1ccccc1)C1C=CC=CC1.CC.FS. The van der Waals surface area contributed by atoms with Gasteiger partial charge in [-0.05, 0) is 131 Å². The van der Waals surface area contributed by atoms with Crippen molar-refractivity contribution in [2.45, 2.75) is 59.8 Å². The largest absolute Gasteiger partial charge is 0.310 e. The number of benzene rings is 8. The number of anilines is 3. The fourth-order valence-corrected chi connectivity index (χ4v) is 10.5. The second-order valence-corrected chi connectivity index (χ2v) is 19.2. The lowest BCUT2D eigenvalue weighted by molar-refractivity contribution is 0.660. The van der Waals surface area contributed by atoms with Crippen molar-refractivity contribution in [2.75, 3.05) is 4.90 Å². The van der Waals surface area contributed by atoms with Crippen molar-refractivity contribution in [3.63, 3.8) is 0 Å². The number of aromatic nitrogens is 3. The minimum Gasteiger partial charge on any atom is -0.310 e. The quantitative estimate of drug-likeness (QED) is 0.0978. The van der Waals surface area contributed by atoms with Crippen molar-refractivity contribution in [3.05, 3.63) is 276 Å². The Kier molecular flexibility index (Phi) is 16.4. The van der Waals surface area contributed by atoms with Crippen molar-refractivity contribution < 1.29 is 3.89 Å². The highest BCUT2D eigenvalue weighted by molar-refractivity contribution is 7.74. The molecule has 0 N–H and O–H groups in total. The second-order valence-electron chi connectivity index (χ2n) is 19.2. The van der Waals surface area contributed by atoms with Crippen LogP contribution < -0.4 is 4.90 Å². The molecule has 4 nitrogen and oxygen atoms in total. The molecule has 2 aliphatic carbocycles. The molecule has 11 rings (SSSR count). The summed E-state index contributed by atoms with van der Waals surface area (Å²) in [5, 5.41) is 0. The van der Waals surface area contributed by atoms with Crippen LogP contribution in [0, 0.1) is 12.8 Å². The second kappa shape index (κ2) is 23.8. The molecule has 0 saturated carbocycles. The molecule has 0 spiro atoms. The van der Waals surface area contributed by atoms with E-state index in [1.165, 1.54) is 61.2 Å². The van der Waals surface area contributed by atoms with E-state index in [2.05, 4.69) is 209 Å². The molecule has 0 bridgehead atoms. The molecule has 9 aromatic rings. The molecule has 0 amide bonds. The van der Waals surface area contributed by atoms with Crippen LogP contribution in [0.15, 0.2) is 242 Å². The van der Waals surface area contributed by atoms with Crippen molar-refractivity contribution in [1.82, 2.24) is 15.0 Å². The monoisotopic (exact) mass is 998 g/mol. The Morgan fingerprint density at radius 3 is 1.71 bits per heavy atom. The standard InChI is InChI=1S/C67H56N4.C2H6.FHS/c1-46-43-59-58-35-20-21-36-60(58)67(3,4)61(59)45-62(46)71(55-40-38-54(39-41-55)66-69-64(52-30-16-8-17-31-52)68-65(70-66)53-32-18-9-19-33-53)56-34-22-23-48(44-56)37-42-57(50-26-12-6-13-27-50)63(51-28-14-7-15-29-51)47(2)49-24-10-5-11-25-49;2*1-2/h5-24,26-36,38-45,49H,25,37H2,1-4H3;1-2H3;2H/b57-42-,63-47+;;. The maximum atomic E-state index is 9.19. The van der Waals surface area contributed by atoms with Gasteiger partial charge in [-0.2, -0.15) is 3.89 Å². The maximum Gasteiger partial charge on any atom is 0.164 e. The summed E-state index contributed by atoms with van der Waals surface area (Å²) in [7, 11) is 0. The smallest absolute Gasteiger partial charge is 0.164 e. The van der Waals surface area contributed by atoms with E-state index in [0.29, 0.717) is 23.4 Å². The highest BCUT2D eigenvalue weighted by Gasteiger charge is 2.36. The fraction of sp³-hybridized carbons (Fsp3) is 0.145. The average molecular weight is 999 g/mol. The van der Waals surface area contributed by atoms with Crippen molar-refractivity contribution >= 4 is 41.2 Å². The van der Waals surface area contributed by atoms with Gasteiger partial charge in [-0.1, -0.05) is 221 Å². The lowest BCUT2D eigenvalue weighted by atomic mass is 9.82. The summed E-state index contributed by atoms with van der Waals surface area (Å²) in [4.78, 5) is 17.5. The Hall–Kier alpha value is -8.19. The van der Waals surface area contributed by atoms with Gasteiger partial charge in [0.25, 0.3) is 0 Å². The third-order valence-corrected chi connectivity index (χ3v) is 14.3. The zero-order valence-corrected chi connectivity index (χ0v) is 44.5. The van der Waals surface area contributed by atoms with Gasteiger partial charge in [0, 0.05) is 58.1 Å². The molecule has 6 heteroatoms. The van der Waals surface area contributed by atoms with Crippen LogP contribution in [0.25, 0.3) is 56.4 Å². The van der Waals surface area contributed by atoms with Gasteiger partial charge in [0.05, 0.1) is 0 Å². The molecule has 0 fully saturated rings. The summed E-state index contributed by atoms with van der Waals surface area (Å²) in [5.74, 6) is 2.23. The summed E-state index contributed by atoms with van der Waals surface area (Å²) in [6, 6.07) is 73.7. The Balaban J connectivity index is 0.00000168. The molecule has 1 heterocycles. The molecule has 0 radical (unpaired) electrons. The van der Waals surface area contributed by atoms with E-state index in [4.69, 9.17) is 15.0 Å². The molecule has 1 unspecified atom stereocenters. The summed E-state index contributed by atoms with van der Waals surface area (Å²) in [6.45, 7) is 13.3. The van der Waals surface area contributed by atoms with E-state index >= 15 is 0 Å². The number of halogens is 1. The van der Waals surface area contributed by atoms with Crippen molar-refractivity contribution in [1.29, 1.82) is 0 Å². The van der Waals surface area contributed by atoms with Crippen LogP contribution >= 0.6 is 13.0 Å². The minimum atomic E-state index is -0.165. The third kappa shape index (κ3) is 11.0. The maximum absolute atomic E-state index is 9.19. The zero-order chi connectivity index (χ0) is 52.3. The van der Waals surface area contributed by atoms with Crippen molar-refractivity contribution in [2.24, 2.45) is 5.92 Å². The van der Waals surface area contributed by atoms with Crippen LogP contribution in [0.4, 0.5) is 20.9 Å². The molecular weight excluding hydrogens is 936 g/mol. The van der Waals surface area contributed by atoms with Crippen LogP contribution in [0.5, 0.6) is 0 Å². The molecule has 1 aromatic heterocycles. The van der Waals surface area contributed by atoms with Crippen LogP contribution in [0.1, 0.15) is 74.4 Å². The molecule has 0 saturated heterocycles. The number of thiol groups is 1. The fourth-order valence-electron chi connectivity index (χ4n) is 10.5. The van der Waals surface area contributed by atoms with Crippen LogP contribution in [-0.4, -0.2) is 15.0 Å². The molecule has 372 valence electrons. The Morgan fingerprint density at radius 1 is 0.573 bits per heavy atom. The summed E-state index contributed by atoms with van der Waals surface area (Å²) >= 11 is 2.03. The number of allylic oxidation sites excluding steroid dienone is 8.